The fourth-order valence-electron chi connectivity index (χ4n) is 3.88. The number of hydrogen-bond donors (Lipinski definition) is 2. The quantitative estimate of drug-likeness (QED) is 0.374. The van der Waals surface area contributed by atoms with Crippen molar-refractivity contribution < 1.29 is 4.39 Å². The molecule has 0 radical (unpaired) electrons. The van der Waals surface area contributed by atoms with Gasteiger partial charge >= 0.3 is 0 Å². The van der Waals surface area contributed by atoms with Gasteiger partial charge in [0.1, 0.15) is 11.3 Å². The number of rotatable bonds is 7. The fraction of sp³-hybridized carbons (Fsp3) is 0.250. The molecule has 0 saturated carbocycles. The van der Waals surface area contributed by atoms with Crippen molar-refractivity contribution in [2.45, 2.75) is 32.7 Å². The van der Waals surface area contributed by atoms with Gasteiger partial charge in [-0.3, -0.25) is 4.98 Å². The highest BCUT2D eigenvalue weighted by molar-refractivity contribution is 5.85. The van der Waals surface area contributed by atoms with Crippen LogP contribution in [0.1, 0.15) is 31.9 Å². The van der Waals surface area contributed by atoms with Crippen LogP contribution >= 0.6 is 0 Å². The smallest absolute Gasteiger partial charge is 0.166 e. The monoisotopic (exact) mass is 429 g/mol. The van der Waals surface area contributed by atoms with Crippen molar-refractivity contribution in [3.63, 3.8) is 0 Å². The molecule has 5 aromatic rings. The second-order valence-corrected chi connectivity index (χ2v) is 7.91. The fourth-order valence-corrected chi connectivity index (χ4v) is 3.88. The Balaban J connectivity index is 1.50. The zero-order valence-corrected chi connectivity index (χ0v) is 18.0. The highest BCUT2D eigenvalue weighted by Crippen LogP contribution is 2.27. The van der Waals surface area contributed by atoms with Gasteiger partial charge in [0.15, 0.2) is 17.3 Å². The predicted octanol–water partition coefficient (Wildman–Crippen LogP) is 5.13. The number of aromatic amines is 1. The van der Waals surface area contributed by atoms with E-state index in [0.29, 0.717) is 29.3 Å². The number of nitrogens with zero attached hydrogens (tertiary/aromatic N) is 5. The molecule has 0 amide bonds. The topological polar surface area (TPSA) is 84.3 Å². The third-order valence-electron chi connectivity index (χ3n) is 5.81. The summed E-state index contributed by atoms with van der Waals surface area (Å²) in [6.45, 7) is 4.91. The Morgan fingerprint density at radius 3 is 2.91 bits per heavy atom. The van der Waals surface area contributed by atoms with Crippen LogP contribution in [-0.4, -0.2) is 36.0 Å². The highest BCUT2D eigenvalue weighted by Gasteiger charge is 2.17. The zero-order chi connectivity index (χ0) is 22.1. The van der Waals surface area contributed by atoms with Crippen molar-refractivity contribution >= 4 is 27.9 Å². The Kier molecular flexibility index (Phi) is 5.26. The van der Waals surface area contributed by atoms with Crippen LogP contribution in [-0.2, 0) is 6.42 Å². The van der Waals surface area contributed by atoms with E-state index < -0.39 is 5.82 Å². The maximum atomic E-state index is 13.8. The molecule has 0 unspecified atom stereocenters. The van der Waals surface area contributed by atoms with Crippen molar-refractivity contribution in [1.82, 2.24) is 29.5 Å². The van der Waals surface area contributed by atoms with Crippen LogP contribution in [0.15, 0.2) is 55.2 Å². The molecule has 162 valence electrons. The summed E-state index contributed by atoms with van der Waals surface area (Å²) in [7, 11) is 0. The number of fused-ring (bicyclic) bond motifs is 2. The molecule has 32 heavy (non-hydrogen) atoms. The van der Waals surface area contributed by atoms with Gasteiger partial charge in [-0.25, -0.2) is 19.3 Å². The summed E-state index contributed by atoms with van der Waals surface area (Å²) in [6.07, 6.45) is 8.35. The molecule has 0 aliphatic heterocycles. The second kappa shape index (κ2) is 8.37. The van der Waals surface area contributed by atoms with Crippen LogP contribution in [0.5, 0.6) is 0 Å². The van der Waals surface area contributed by atoms with E-state index in [0.717, 1.165) is 24.0 Å². The molecule has 0 aliphatic carbocycles. The number of anilines is 1. The molecule has 2 N–H and O–H groups in total. The highest BCUT2D eigenvalue weighted by atomic mass is 19.1. The third-order valence-corrected chi connectivity index (χ3v) is 5.81. The van der Waals surface area contributed by atoms with Crippen LogP contribution in [0.2, 0.25) is 0 Å². The van der Waals surface area contributed by atoms with Gasteiger partial charge in [-0.1, -0.05) is 25.1 Å². The van der Waals surface area contributed by atoms with Crippen molar-refractivity contribution in [3.8, 4) is 11.4 Å². The average Bonchev–Trinajstić information content (AvgIpc) is 3.43. The zero-order valence-electron chi connectivity index (χ0n) is 18.0. The van der Waals surface area contributed by atoms with Crippen LogP contribution in [0.25, 0.3) is 33.5 Å². The van der Waals surface area contributed by atoms with Gasteiger partial charge < -0.3 is 14.9 Å². The minimum Gasteiger partial charge on any atom is -0.368 e. The first-order valence-corrected chi connectivity index (χ1v) is 10.8. The minimum atomic E-state index is -0.421. The summed E-state index contributed by atoms with van der Waals surface area (Å²) >= 11 is 0. The predicted molar refractivity (Wildman–Crippen MR) is 124 cm³/mol. The van der Waals surface area contributed by atoms with E-state index in [9.17, 15) is 4.39 Å². The average molecular weight is 430 g/mol. The van der Waals surface area contributed by atoms with Crippen LogP contribution in [0.4, 0.5) is 10.2 Å². The Labute approximate surface area is 184 Å². The number of aromatic nitrogens is 6. The maximum absolute atomic E-state index is 13.8. The molecule has 5 rings (SSSR count). The number of halogens is 1. The molecular formula is C24H24FN7. The first-order chi connectivity index (χ1) is 15.6. The summed E-state index contributed by atoms with van der Waals surface area (Å²) < 4.78 is 15.8. The van der Waals surface area contributed by atoms with Crippen molar-refractivity contribution in [2.75, 3.05) is 11.9 Å². The number of hydrogen-bond acceptors (Lipinski definition) is 5. The number of nitrogens with one attached hydrogen (secondary N) is 2. The van der Waals surface area contributed by atoms with Gasteiger partial charge in [-0.05, 0) is 37.5 Å². The van der Waals surface area contributed by atoms with E-state index in [1.165, 1.54) is 23.2 Å². The van der Waals surface area contributed by atoms with E-state index in [4.69, 9.17) is 4.98 Å². The number of H-pyrrole nitrogens is 1. The summed E-state index contributed by atoms with van der Waals surface area (Å²) in [5, 5.41) is 4.65. The van der Waals surface area contributed by atoms with Crippen LogP contribution in [0.3, 0.4) is 0 Å². The molecule has 1 atom stereocenters. The maximum Gasteiger partial charge on any atom is 0.166 e. The molecule has 4 heterocycles. The lowest BCUT2D eigenvalue weighted by atomic mass is 10.1. The molecule has 0 saturated heterocycles. The number of pyridine rings is 1. The standard InChI is InChI=1S/C24H24FN7/c1-3-15(2)32-14-29-21-23(27-9-8-16-12-28-20-7-5-4-6-19(16)20)30-22(31-24(21)32)17-10-18(25)13-26-11-17/h4-7,10-15,28H,3,8-9H2,1-2H3,(H,27,30,31)/t15-/m0/s1. The number of benzene rings is 1. The lowest BCUT2D eigenvalue weighted by Gasteiger charge is -2.13. The Bertz CT molecular complexity index is 1390. The van der Waals surface area contributed by atoms with Gasteiger partial charge in [-0.2, -0.15) is 0 Å². The van der Waals surface area contributed by atoms with Gasteiger partial charge in [0, 0.05) is 41.4 Å². The van der Waals surface area contributed by atoms with E-state index in [1.807, 2.05) is 22.9 Å². The second-order valence-electron chi connectivity index (χ2n) is 7.91. The summed E-state index contributed by atoms with van der Waals surface area (Å²) in [5.74, 6) is 0.635. The van der Waals surface area contributed by atoms with E-state index >= 15 is 0 Å². The molecule has 8 heteroatoms. The summed E-state index contributed by atoms with van der Waals surface area (Å²) in [5.41, 5.74) is 4.32. The summed E-state index contributed by atoms with van der Waals surface area (Å²) in [6, 6.07) is 9.88. The normalized spacial score (nSPS) is 12.5. The summed E-state index contributed by atoms with van der Waals surface area (Å²) in [4.78, 5) is 21.2. The van der Waals surface area contributed by atoms with Crippen LogP contribution < -0.4 is 5.32 Å². The third kappa shape index (κ3) is 3.68. The first-order valence-electron chi connectivity index (χ1n) is 10.8. The minimum absolute atomic E-state index is 0.229. The largest absolute Gasteiger partial charge is 0.368 e. The lowest BCUT2D eigenvalue weighted by Crippen LogP contribution is -2.09. The first kappa shape index (κ1) is 20.1. The van der Waals surface area contributed by atoms with Crippen molar-refractivity contribution in [1.29, 1.82) is 0 Å². The van der Waals surface area contributed by atoms with Gasteiger partial charge in [0.2, 0.25) is 0 Å². The molecule has 4 aromatic heterocycles. The van der Waals surface area contributed by atoms with E-state index in [2.05, 4.69) is 51.2 Å². The molecule has 0 spiro atoms. The van der Waals surface area contributed by atoms with Gasteiger partial charge in [-0.15, -0.1) is 0 Å². The molecule has 1 aromatic carbocycles. The molecule has 7 nitrogen and oxygen atoms in total. The number of imidazole rings is 1. The molecule has 0 bridgehead atoms. The Morgan fingerprint density at radius 1 is 1.19 bits per heavy atom. The van der Waals surface area contributed by atoms with Gasteiger partial charge in [0.25, 0.3) is 0 Å². The van der Waals surface area contributed by atoms with Crippen LogP contribution in [0, 0.1) is 5.82 Å². The molecule has 0 aliphatic rings. The Hall–Kier alpha value is -3.81. The van der Waals surface area contributed by atoms with Crippen molar-refractivity contribution in [2.24, 2.45) is 0 Å². The van der Waals surface area contributed by atoms with Gasteiger partial charge in [0.05, 0.1) is 12.5 Å². The van der Waals surface area contributed by atoms with E-state index in [1.54, 1.807) is 12.5 Å². The molecular weight excluding hydrogens is 405 g/mol. The lowest BCUT2D eigenvalue weighted by molar-refractivity contribution is 0.541. The van der Waals surface area contributed by atoms with Crippen molar-refractivity contribution in [3.05, 3.63) is 66.6 Å². The SMILES string of the molecule is CC[C@H](C)n1cnc2c(NCCc3c[nH]c4ccccc34)nc(-c3cncc(F)c3)nc21. The molecule has 0 fully saturated rings. The Morgan fingerprint density at radius 2 is 2.06 bits per heavy atom. The number of para-hydroxylation sites is 1. The van der Waals surface area contributed by atoms with E-state index in [-0.39, 0.29) is 6.04 Å².